The molecule has 16 heavy (non-hydrogen) atoms. The third-order valence-corrected chi connectivity index (χ3v) is 2.55. The Hall–Kier alpha value is -0.570. The summed E-state index contributed by atoms with van der Waals surface area (Å²) in [6.45, 7) is 7.41. The van der Waals surface area contributed by atoms with Crippen molar-refractivity contribution in [3.8, 4) is 0 Å². The van der Waals surface area contributed by atoms with Gasteiger partial charge in [-0.25, -0.2) is 0 Å². The van der Waals surface area contributed by atoms with E-state index in [2.05, 4.69) is 49.1 Å². The van der Waals surface area contributed by atoms with Crippen molar-refractivity contribution in [2.24, 2.45) is 5.73 Å². The van der Waals surface area contributed by atoms with Crippen LogP contribution in [0.15, 0.2) is 30.3 Å². The van der Waals surface area contributed by atoms with E-state index in [0.717, 1.165) is 26.1 Å². The summed E-state index contributed by atoms with van der Waals surface area (Å²) in [6.07, 6.45) is 1.11. The summed E-state index contributed by atoms with van der Waals surface area (Å²) in [7, 11) is 0. The summed E-state index contributed by atoms with van der Waals surface area (Å²) in [5.74, 6) is 0. The van der Waals surface area contributed by atoms with Gasteiger partial charge in [-0.3, -0.25) is 0 Å². The van der Waals surface area contributed by atoms with Crippen LogP contribution in [0.1, 0.15) is 19.4 Å². The van der Waals surface area contributed by atoms with Crippen molar-refractivity contribution in [2.45, 2.75) is 26.3 Å². The molecule has 0 aliphatic carbocycles. The van der Waals surface area contributed by atoms with Crippen molar-refractivity contribution in [3.63, 3.8) is 0 Å². The maximum absolute atomic E-state index is 5.80. The normalized spacial score (nSPS) is 12.2. The lowest BCUT2D eigenvalue weighted by molar-refractivity contribution is 0.278. The molecule has 0 heterocycles. The molecule has 1 unspecified atom stereocenters. The zero-order chi connectivity index (χ0) is 11.1. The summed E-state index contributed by atoms with van der Waals surface area (Å²) < 4.78 is 0. The van der Waals surface area contributed by atoms with Crippen molar-refractivity contribution in [1.29, 1.82) is 0 Å². The zero-order valence-electron chi connectivity index (χ0n) is 10.2. The topological polar surface area (TPSA) is 29.3 Å². The number of hydrogen-bond acceptors (Lipinski definition) is 2. The summed E-state index contributed by atoms with van der Waals surface area (Å²) >= 11 is 0. The lowest BCUT2D eigenvalue weighted by Gasteiger charge is -2.22. The number of rotatable bonds is 6. The minimum atomic E-state index is 0. The molecule has 2 N–H and O–H groups in total. The molecule has 0 saturated heterocycles. The molecule has 0 amide bonds. The molecule has 3 heteroatoms. The molecule has 0 aliphatic rings. The molecule has 0 saturated carbocycles. The first-order valence-corrected chi connectivity index (χ1v) is 5.74. The van der Waals surface area contributed by atoms with Crippen LogP contribution < -0.4 is 5.73 Å². The molecule has 0 fully saturated rings. The highest BCUT2D eigenvalue weighted by Gasteiger charge is 2.04. The highest BCUT2D eigenvalue weighted by molar-refractivity contribution is 5.85. The van der Waals surface area contributed by atoms with E-state index in [1.807, 2.05) is 0 Å². The molecule has 0 aliphatic heterocycles. The number of benzene rings is 1. The third kappa shape index (κ3) is 6.11. The first-order valence-electron chi connectivity index (χ1n) is 5.74. The number of nitrogens with two attached hydrogens (primary N) is 1. The van der Waals surface area contributed by atoms with E-state index in [1.165, 1.54) is 5.56 Å². The smallest absolute Gasteiger partial charge is 0.0139 e. The molecular formula is C13H23ClN2. The van der Waals surface area contributed by atoms with E-state index in [4.69, 9.17) is 5.73 Å². The fourth-order valence-electron chi connectivity index (χ4n) is 1.72. The van der Waals surface area contributed by atoms with Crippen LogP contribution in [0.4, 0.5) is 0 Å². The van der Waals surface area contributed by atoms with Gasteiger partial charge in [0.2, 0.25) is 0 Å². The Kier molecular flexibility index (Phi) is 8.26. The average Bonchev–Trinajstić information content (AvgIpc) is 2.25. The SMILES string of the molecule is CCN(CCc1ccccc1)CC(C)N.Cl. The van der Waals surface area contributed by atoms with Crippen molar-refractivity contribution >= 4 is 12.4 Å². The number of nitrogens with zero attached hydrogens (tertiary/aromatic N) is 1. The van der Waals surface area contributed by atoms with Crippen molar-refractivity contribution < 1.29 is 0 Å². The molecule has 0 radical (unpaired) electrons. The fourth-order valence-corrected chi connectivity index (χ4v) is 1.72. The predicted molar refractivity (Wildman–Crippen MR) is 73.2 cm³/mol. The Labute approximate surface area is 105 Å². The standard InChI is InChI=1S/C13H22N2.ClH/c1-3-15(11-12(2)14)10-9-13-7-5-4-6-8-13;/h4-8,12H,3,9-11,14H2,1-2H3;1H. The van der Waals surface area contributed by atoms with Crippen LogP contribution in [0, 0.1) is 0 Å². The van der Waals surface area contributed by atoms with Crippen molar-refractivity contribution in [2.75, 3.05) is 19.6 Å². The van der Waals surface area contributed by atoms with Gasteiger partial charge in [0.05, 0.1) is 0 Å². The van der Waals surface area contributed by atoms with Crippen molar-refractivity contribution in [1.82, 2.24) is 4.90 Å². The highest BCUT2D eigenvalue weighted by atomic mass is 35.5. The van der Waals surface area contributed by atoms with Gasteiger partial charge in [-0.05, 0) is 25.5 Å². The minimum Gasteiger partial charge on any atom is -0.327 e. The Bertz CT molecular complexity index is 262. The molecule has 0 bridgehead atoms. The maximum Gasteiger partial charge on any atom is 0.0139 e. The number of halogens is 1. The van der Waals surface area contributed by atoms with E-state index in [-0.39, 0.29) is 18.4 Å². The lowest BCUT2D eigenvalue weighted by atomic mass is 10.1. The van der Waals surface area contributed by atoms with Crippen LogP contribution >= 0.6 is 12.4 Å². The van der Waals surface area contributed by atoms with E-state index < -0.39 is 0 Å². The fraction of sp³-hybridized carbons (Fsp3) is 0.538. The van der Waals surface area contributed by atoms with Gasteiger partial charge in [0, 0.05) is 19.1 Å². The molecule has 1 aromatic rings. The molecule has 0 aromatic heterocycles. The molecule has 1 aromatic carbocycles. The average molecular weight is 243 g/mol. The Morgan fingerprint density at radius 3 is 2.38 bits per heavy atom. The summed E-state index contributed by atoms with van der Waals surface area (Å²) in [5.41, 5.74) is 7.20. The van der Waals surface area contributed by atoms with E-state index in [1.54, 1.807) is 0 Å². The predicted octanol–water partition coefficient (Wildman–Crippen LogP) is 2.32. The van der Waals surface area contributed by atoms with Crippen LogP contribution in [-0.2, 0) is 6.42 Å². The zero-order valence-corrected chi connectivity index (χ0v) is 11.0. The molecule has 1 rings (SSSR count). The Morgan fingerprint density at radius 2 is 1.88 bits per heavy atom. The van der Waals surface area contributed by atoms with Gasteiger partial charge in [0.15, 0.2) is 0 Å². The molecular weight excluding hydrogens is 220 g/mol. The number of hydrogen-bond donors (Lipinski definition) is 1. The summed E-state index contributed by atoms with van der Waals surface area (Å²) in [6, 6.07) is 10.9. The van der Waals surface area contributed by atoms with E-state index >= 15 is 0 Å². The van der Waals surface area contributed by atoms with E-state index in [9.17, 15) is 0 Å². The van der Waals surface area contributed by atoms with Crippen LogP contribution in [-0.4, -0.2) is 30.6 Å². The van der Waals surface area contributed by atoms with Crippen molar-refractivity contribution in [3.05, 3.63) is 35.9 Å². The van der Waals surface area contributed by atoms with Crippen LogP contribution in [0.3, 0.4) is 0 Å². The highest BCUT2D eigenvalue weighted by Crippen LogP contribution is 2.01. The van der Waals surface area contributed by atoms with Gasteiger partial charge in [0.25, 0.3) is 0 Å². The molecule has 0 spiro atoms. The maximum atomic E-state index is 5.80. The molecule has 2 nitrogen and oxygen atoms in total. The first-order chi connectivity index (χ1) is 7.22. The summed E-state index contributed by atoms with van der Waals surface area (Å²) in [5, 5.41) is 0. The van der Waals surface area contributed by atoms with Crippen LogP contribution in [0.2, 0.25) is 0 Å². The monoisotopic (exact) mass is 242 g/mol. The molecule has 92 valence electrons. The second kappa shape index (κ2) is 8.57. The lowest BCUT2D eigenvalue weighted by Crippen LogP contribution is -2.36. The van der Waals surface area contributed by atoms with Gasteiger partial charge < -0.3 is 10.6 Å². The largest absolute Gasteiger partial charge is 0.327 e. The third-order valence-electron chi connectivity index (χ3n) is 2.55. The molecule has 1 atom stereocenters. The van der Waals surface area contributed by atoms with Crippen LogP contribution in [0.25, 0.3) is 0 Å². The van der Waals surface area contributed by atoms with Gasteiger partial charge in [-0.15, -0.1) is 12.4 Å². The van der Waals surface area contributed by atoms with Gasteiger partial charge in [-0.2, -0.15) is 0 Å². The van der Waals surface area contributed by atoms with Gasteiger partial charge >= 0.3 is 0 Å². The van der Waals surface area contributed by atoms with Gasteiger partial charge in [0.1, 0.15) is 0 Å². The second-order valence-electron chi connectivity index (χ2n) is 4.11. The summed E-state index contributed by atoms with van der Waals surface area (Å²) in [4.78, 5) is 2.40. The Morgan fingerprint density at radius 1 is 1.25 bits per heavy atom. The van der Waals surface area contributed by atoms with E-state index in [0.29, 0.717) is 0 Å². The Balaban J connectivity index is 0.00000225. The number of likely N-dealkylation sites (N-methyl/N-ethyl adjacent to an activating group) is 1. The first kappa shape index (κ1) is 15.4. The minimum absolute atomic E-state index is 0. The van der Waals surface area contributed by atoms with Crippen LogP contribution in [0.5, 0.6) is 0 Å². The van der Waals surface area contributed by atoms with Gasteiger partial charge in [-0.1, -0.05) is 37.3 Å². The quantitative estimate of drug-likeness (QED) is 0.830. The second-order valence-corrected chi connectivity index (χ2v) is 4.11.